The van der Waals surface area contributed by atoms with Crippen molar-refractivity contribution in [2.24, 2.45) is 4.99 Å². The lowest BCUT2D eigenvalue weighted by atomic mass is 10.1. The third-order valence-corrected chi connectivity index (χ3v) is 3.93. The Morgan fingerprint density at radius 2 is 2.00 bits per heavy atom. The smallest absolute Gasteiger partial charge is 0.208 e. The van der Waals surface area contributed by atoms with Gasteiger partial charge in [0.15, 0.2) is 5.96 Å². The molecule has 1 aromatic rings. The molecular weight excluding hydrogens is 328 g/mol. The van der Waals surface area contributed by atoms with Gasteiger partial charge in [0.05, 0.1) is 19.9 Å². The molecule has 0 fully saturated rings. The van der Waals surface area contributed by atoms with Crippen molar-refractivity contribution in [3.8, 4) is 5.75 Å². The van der Waals surface area contributed by atoms with Gasteiger partial charge in [0.2, 0.25) is 10.0 Å². The zero-order valence-electron chi connectivity index (χ0n) is 14.8. The van der Waals surface area contributed by atoms with Gasteiger partial charge in [-0.1, -0.05) is 12.1 Å². The molecule has 0 radical (unpaired) electrons. The van der Waals surface area contributed by atoms with Crippen LogP contribution in [0.25, 0.3) is 0 Å². The van der Waals surface area contributed by atoms with Gasteiger partial charge in [0.1, 0.15) is 5.75 Å². The number of nitrogens with zero attached hydrogens (tertiary/aromatic N) is 1. The van der Waals surface area contributed by atoms with E-state index in [1.54, 1.807) is 7.11 Å². The molecule has 24 heavy (non-hydrogen) atoms. The highest BCUT2D eigenvalue weighted by molar-refractivity contribution is 7.88. The zero-order chi connectivity index (χ0) is 18.0. The maximum Gasteiger partial charge on any atom is 0.208 e. The van der Waals surface area contributed by atoms with Gasteiger partial charge in [-0.2, -0.15) is 0 Å². The Labute approximate surface area is 145 Å². The highest BCUT2D eigenvalue weighted by atomic mass is 32.2. The number of hydrogen-bond donors (Lipinski definition) is 3. The van der Waals surface area contributed by atoms with E-state index in [0.29, 0.717) is 32.0 Å². The standard InChI is InChI=1S/C16H28N4O3S/c1-5-17-16(18-9-6-10-20-24(4,21)22)19-12-14-8-7-13(2)11-15(14)23-3/h7-8,11,20H,5-6,9-10,12H2,1-4H3,(H2,17,18,19). The van der Waals surface area contributed by atoms with E-state index in [-0.39, 0.29) is 0 Å². The fourth-order valence-corrected chi connectivity index (χ4v) is 2.56. The number of aliphatic imine (C=N–C) groups is 1. The molecule has 7 nitrogen and oxygen atoms in total. The summed E-state index contributed by atoms with van der Waals surface area (Å²) < 4.78 is 29.8. The molecule has 0 saturated heterocycles. The lowest BCUT2D eigenvalue weighted by Crippen LogP contribution is -2.38. The molecule has 8 heteroatoms. The fourth-order valence-electron chi connectivity index (χ4n) is 2.04. The Morgan fingerprint density at radius 1 is 1.25 bits per heavy atom. The van der Waals surface area contributed by atoms with Crippen LogP contribution in [-0.4, -0.2) is 47.4 Å². The lowest BCUT2D eigenvalue weighted by molar-refractivity contribution is 0.409. The maximum atomic E-state index is 11.0. The Kier molecular flexibility index (Phi) is 8.56. The summed E-state index contributed by atoms with van der Waals surface area (Å²) in [5.74, 6) is 1.52. The van der Waals surface area contributed by atoms with E-state index in [4.69, 9.17) is 4.74 Å². The van der Waals surface area contributed by atoms with Gasteiger partial charge < -0.3 is 15.4 Å². The van der Waals surface area contributed by atoms with Crippen molar-refractivity contribution in [2.45, 2.75) is 26.8 Å². The van der Waals surface area contributed by atoms with Gasteiger partial charge >= 0.3 is 0 Å². The van der Waals surface area contributed by atoms with Crippen LogP contribution >= 0.6 is 0 Å². The van der Waals surface area contributed by atoms with Gasteiger partial charge in [0.25, 0.3) is 0 Å². The number of sulfonamides is 1. The number of nitrogens with one attached hydrogen (secondary N) is 3. The van der Waals surface area contributed by atoms with E-state index in [2.05, 4.69) is 20.3 Å². The predicted octanol–water partition coefficient (Wildman–Crippen LogP) is 0.998. The minimum atomic E-state index is -3.13. The van der Waals surface area contributed by atoms with E-state index in [1.807, 2.05) is 32.0 Å². The first-order valence-corrected chi connectivity index (χ1v) is 9.85. The summed E-state index contributed by atoms with van der Waals surface area (Å²) in [7, 11) is -1.48. The number of ether oxygens (including phenoxy) is 1. The van der Waals surface area contributed by atoms with Gasteiger partial charge in [-0.25, -0.2) is 18.1 Å². The average molecular weight is 356 g/mol. The van der Waals surface area contributed by atoms with Crippen LogP contribution in [0.15, 0.2) is 23.2 Å². The topological polar surface area (TPSA) is 91.8 Å². The van der Waals surface area contributed by atoms with Crippen molar-refractivity contribution in [1.82, 2.24) is 15.4 Å². The van der Waals surface area contributed by atoms with Crippen LogP contribution in [0.5, 0.6) is 5.75 Å². The molecule has 0 aliphatic heterocycles. The van der Waals surface area contributed by atoms with E-state index in [9.17, 15) is 8.42 Å². The second kappa shape index (κ2) is 10.1. The molecule has 0 spiro atoms. The van der Waals surface area contributed by atoms with Crippen LogP contribution in [0.2, 0.25) is 0 Å². The SMILES string of the molecule is CCNC(=NCc1ccc(C)cc1OC)NCCCNS(C)(=O)=O. The van der Waals surface area contributed by atoms with Crippen molar-refractivity contribution in [3.63, 3.8) is 0 Å². The van der Waals surface area contributed by atoms with E-state index in [1.165, 1.54) is 0 Å². The summed E-state index contributed by atoms with van der Waals surface area (Å²) in [6.07, 6.45) is 1.83. The normalized spacial score (nSPS) is 12.1. The molecular formula is C16H28N4O3S. The number of hydrogen-bond acceptors (Lipinski definition) is 4. The third kappa shape index (κ3) is 8.16. The molecule has 0 amide bonds. The highest BCUT2D eigenvalue weighted by Gasteiger charge is 2.04. The Balaban J connectivity index is 2.56. The van der Waals surface area contributed by atoms with Crippen molar-refractivity contribution in [3.05, 3.63) is 29.3 Å². The number of rotatable bonds is 9. The first-order valence-electron chi connectivity index (χ1n) is 7.96. The Bertz CT molecular complexity index is 645. The van der Waals surface area contributed by atoms with Crippen molar-refractivity contribution in [2.75, 3.05) is 33.0 Å². The van der Waals surface area contributed by atoms with Crippen molar-refractivity contribution < 1.29 is 13.2 Å². The molecule has 136 valence electrons. The molecule has 1 rings (SSSR count). The summed E-state index contributed by atoms with van der Waals surface area (Å²) in [6.45, 7) is 6.29. The largest absolute Gasteiger partial charge is 0.496 e. The molecule has 0 unspecified atom stereocenters. The monoisotopic (exact) mass is 356 g/mol. The van der Waals surface area contributed by atoms with Gasteiger partial charge in [-0.3, -0.25) is 0 Å². The van der Waals surface area contributed by atoms with Crippen LogP contribution in [0, 0.1) is 6.92 Å². The molecule has 0 saturated carbocycles. The van der Waals surface area contributed by atoms with E-state index >= 15 is 0 Å². The number of methoxy groups -OCH3 is 1. The van der Waals surface area contributed by atoms with Crippen LogP contribution in [0.4, 0.5) is 0 Å². The van der Waals surface area contributed by atoms with Gasteiger partial charge in [-0.15, -0.1) is 0 Å². The second-order valence-corrected chi connectivity index (χ2v) is 7.29. The first-order chi connectivity index (χ1) is 11.4. The summed E-state index contributed by atoms with van der Waals surface area (Å²) in [5, 5.41) is 6.36. The van der Waals surface area contributed by atoms with Crippen LogP contribution in [-0.2, 0) is 16.6 Å². The van der Waals surface area contributed by atoms with Gasteiger partial charge in [-0.05, 0) is 31.9 Å². The molecule has 1 aromatic carbocycles. The lowest BCUT2D eigenvalue weighted by Gasteiger charge is -2.12. The molecule has 0 atom stereocenters. The van der Waals surface area contributed by atoms with Crippen LogP contribution in [0.1, 0.15) is 24.5 Å². The summed E-state index contributed by atoms with van der Waals surface area (Å²) in [5.41, 5.74) is 2.15. The van der Waals surface area contributed by atoms with Gasteiger partial charge in [0, 0.05) is 25.2 Å². The quantitative estimate of drug-likeness (QED) is 0.349. The minimum absolute atomic E-state index is 0.400. The summed E-state index contributed by atoms with van der Waals surface area (Å²) in [4.78, 5) is 4.54. The second-order valence-electron chi connectivity index (χ2n) is 5.46. The molecule has 0 heterocycles. The summed E-state index contributed by atoms with van der Waals surface area (Å²) in [6, 6.07) is 6.03. The number of guanidine groups is 1. The minimum Gasteiger partial charge on any atom is -0.496 e. The molecule has 3 N–H and O–H groups in total. The van der Waals surface area contributed by atoms with Crippen LogP contribution in [0.3, 0.4) is 0 Å². The highest BCUT2D eigenvalue weighted by Crippen LogP contribution is 2.20. The average Bonchev–Trinajstić information content (AvgIpc) is 2.51. The van der Waals surface area contributed by atoms with Crippen molar-refractivity contribution >= 4 is 16.0 Å². The number of benzene rings is 1. The molecule has 0 aliphatic carbocycles. The zero-order valence-corrected chi connectivity index (χ0v) is 15.7. The van der Waals surface area contributed by atoms with Crippen LogP contribution < -0.4 is 20.1 Å². The molecule has 0 aromatic heterocycles. The maximum absolute atomic E-state index is 11.0. The number of aryl methyl sites for hydroxylation is 1. The van der Waals surface area contributed by atoms with Crippen molar-refractivity contribution in [1.29, 1.82) is 0 Å². The molecule has 0 aliphatic rings. The fraction of sp³-hybridized carbons (Fsp3) is 0.562. The summed E-state index contributed by atoms with van der Waals surface area (Å²) >= 11 is 0. The molecule has 0 bridgehead atoms. The van der Waals surface area contributed by atoms with E-state index < -0.39 is 10.0 Å². The Morgan fingerprint density at radius 3 is 2.62 bits per heavy atom. The third-order valence-electron chi connectivity index (χ3n) is 3.20. The first kappa shape index (κ1) is 20.2. The Hall–Kier alpha value is -1.80. The predicted molar refractivity (Wildman–Crippen MR) is 98.0 cm³/mol. The van der Waals surface area contributed by atoms with E-state index in [0.717, 1.165) is 29.7 Å².